The molecule has 7 heteroatoms. The predicted octanol–water partition coefficient (Wildman–Crippen LogP) is 1.80. The third-order valence-corrected chi connectivity index (χ3v) is 3.24. The molecule has 1 aromatic rings. The lowest BCUT2D eigenvalue weighted by Gasteiger charge is -2.11. The van der Waals surface area contributed by atoms with E-state index in [9.17, 15) is 4.79 Å². The maximum Gasteiger partial charge on any atom is 0.251 e. The van der Waals surface area contributed by atoms with Gasteiger partial charge in [0.2, 0.25) is 0 Å². The zero-order valence-electron chi connectivity index (χ0n) is 14.7. The van der Waals surface area contributed by atoms with E-state index >= 15 is 0 Å². The Hall–Kier alpha value is -1.35. The summed E-state index contributed by atoms with van der Waals surface area (Å²) >= 11 is 0. The first-order chi connectivity index (χ1) is 11.2. The highest BCUT2D eigenvalue weighted by Gasteiger charge is 2.04. The first kappa shape index (κ1) is 22.6. The van der Waals surface area contributed by atoms with Crippen LogP contribution in [0.2, 0.25) is 0 Å². The standard InChI is InChI=1S/C17H28N4O2.HI/c1-4-19-17(20-10-6-12-23-3)21-11-9-14-7-5-8-15(13-14)16(22)18-2;/h5,7-8,13H,4,6,9-12H2,1-3H3,(H,18,22)(H2,19,20,21);1H. The van der Waals surface area contributed by atoms with Gasteiger partial charge in [-0.05, 0) is 37.5 Å². The minimum Gasteiger partial charge on any atom is -0.385 e. The third kappa shape index (κ3) is 9.07. The minimum absolute atomic E-state index is 0. The number of halogens is 1. The largest absolute Gasteiger partial charge is 0.385 e. The molecule has 0 aliphatic heterocycles. The molecule has 6 nitrogen and oxygen atoms in total. The van der Waals surface area contributed by atoms with Crippen molar-refractivity contribution in [3.8, 4) is 0 Å². The molecule has 1 aromatic carbocycles. The van der Waals surface area contributed by atoms with Gasteiger partial charge in [0.1, 0.15) is 0 Å². The lowest BCUT2D eigenvalue weighted by molar-refractivity contribution is 0.0963. The first-order valence-electron chi connectivity index (χ1n) is 8.03. The molecule has 136 valence electrons. The number of aliphatic imine (C=N–C) groups is 1. The minimum atomic E-state index is -0.0622. The van der Waals surface area contributed by atoms with E-state index in [2.05, 4.69) is 20.9 Å². The number of hydrogen-bond acceptors (Lipinski definition) is 3. The fourth-order valence-electron chi connectivity index (χ4n) is 2.08. The van der Waals surface area contributed by atoms with E-state index in [1.807, 2.05) is 31.2 Å². The topological polar surface area (TPSA) is 74.8 Å². The summed E-state index contributed by atoms with van der Waals surface area (Å²) in [5.41, 5.74) is 1.80. The Balaban J connectivity index is 0.00000529. The molecule has 0 unspecified atom stereocenters. The van der Waals surface area contributed by atoms with Crippen LogP contribution in [0, 0.1) is 0 Å². The van der Waals surface area contributed by atoms with Gasteiger partial charge in [0.05, 0.1) is 0 Å². The van der Waals surface area contributed by atoms with E-state index in [-0.39, 0.29) is 29.9 Å². The molecular weight excluding hydrogens is 419 g/mol. The molecule has 24 heavy (non-hydrogen) atoms. The number of carbonyl (C=O) groups excluding carboxylic acids is 1. The van der Waals surface area contributed by atoms with E-state index in [4.69, 9.17) is 4.74 Å². The maximum atomic E-state index is 11.6. The average Bonchev–Trinajstić information content (AvgIpc) is 2.58. The number of benzene rings is 1. The van der Waals surface area contributed by atoms with E-state index in [0.717, 1.165) is 50.6 Å². The Labute approximate surface area is 161 Å². The highest BCUT2D eigenvalue weighted by atomic mass is 127. The van der Waals surface area contributed by atoms with Crippen molar-refractivity contribution >= 4 is 35.8 Å². The molecule has 1 rings (SSSR count). The van der Waals surface area contributed by atoms with Gasteiger partial charge in [-0.3, -0.25) is 9.79 Å². The molecule has 0 spiro atoms. The second kappa shape index (κ2) is 14.0. The maximum absolute atomic E-state index is 11.6. The molecular formula is C17H29IN4O2. The van der Waals surface area contributed by atoms with Crippen LogP contribution >= 0.6 is 24.0 Å². The van der Waals surface area contributed by atoms with E-state index in [1.165, 1.54) is 0 Å². The number of ether oxygens (including phenoxy) is 1. The van der Waals surface area contributed by atoms with Crippen molar-refractivity contribution in [1.82, 2.24) is 16.0 Å². The van der Waals surface area contributed by atoms with Crippen LogP contribution in [0.1, 0.15) is 29.3 Å². The normalized spacial score (nSPS) is 10.7. The van der Waals surface area contributed by atoms with Crippen LogP contribution in [0.25, 0.3) is 0 Å². The first-order valence-corrected chi connectivity index (χ1v) is 8.03. The SMILES string of the molecule is CCNC(=NCCCOC)NCCc1cccc(C(=O)NC)c1.I. The number of carbonyl (C=O) groups is 1. The summed E-state index contributed by atoms with van der Waals surface area (Å²) in [4.78, 5) is 16.1. The zero-order valence-corrected chi connectivity index (χ0v) is 17.1. The lowest BCUT2D eigenvalue weighted by Crippen LogP contribution is -2.38. The number of guanidine groups is 1. The molecule has 0 atom stereocenters. The molecule has 0 aliphatic carbocycles. The van der Waals surface area contributed by atoms with Gasteiger partial charge in [-0.15, -0.1) is 24.0 Å². The van der Waals surface area contributed by atoms with Crippen LogP contribution in [-0.4, -0.2) is 52.3 Å². The summed E-state index contributed by atoms with van der Waals surface area (Å²) in [7, 11) is 3.33. The molecule has 0 bridgehead atoms. The predicted molar refractivity (Wildman–Crippen MR) is 109 cm³/mol. The van der Waals surface area contributed by atoms with Gasteiger partial charge in [-0.25, -0.2) is 0 Å². The van der Waals surface area contributed by atoms with Crippen molar-refractivity contribution in [1.29, 1.82) is 0 Å². The molecule has 0 radical (unpaired) electrons. The van der Waals surface area contributed by atoms with Gasteiger partial charge in [0.15, 0.2) is 5.96 Å². The second-order valence-electron chi connectivity index (χ2n) is 5.06. The van der Waals surface area contributed by atoms with Gasteiger partial charge < -0.3 is 20.7 Å². The van der Waals surface area contributed by atoms with Gasteiger partial charge >= 0.3 is 0 Å². The quantitative estimate of drug-likeness (QED) is 0.233. The summed E-state index contributed by atoms with van der Waals surface area (Å²) < 4.78 is 5.02. The molecule has 1 amide bonds. The highest BCUT2D eigenvalue weighted by Crippen LogP contribution is 2.05. The molecule has 3 N–H and O–H groups in total. The molecule has 0 fully saturated rings. The Morgan fingerprint density at radius 2 is 2.08 bits per heavy atom. The Kier molecular flexibility index (Phi) is 13.2. The number of hydrogen-bond donors (Lipinski definition) is 3. The smallest absolute Gasteiger partial charge is 0.251 e. The fraction of sp³-hybridized carbons (Fsp3) is 0.529. The fourth-order valence-corrected chi connectivity index (χ4v) is 2.08. The van der Waals surface area contributed by atoms with Crippen LogP contribution in [0.5, 0.6) is 0 Å². The van der Waals surface area contributed by atoms with E-state index < -0.39 is 0 Å². The van der Waals surface area contributed by atoms with Crippen molar-refractivity contribution in [2.75, 3.05) is 40.4 Å². The van der Waals surface area contributed by atoms with Crippen LogP contribution in [0.3, 0.4) is 0 Å². The monoisotopic (exact) mass is 448 g/mol. The molecule has 0 aromatic heterocycles. The number of nitrogens with zero attached hydrogens (tertiary/aromatic N) is 1. The highest BCUT2D eigenvalue weighted by molar-refractivity contribution is 14.0. The number of methoxy groups -OCH3 is 1. The van der Waals surface area contributed by atoms with Crippen LogP contribution in [-0.2, 0) is 11.2 Å². The number of amides is 1. The average molecular weight is 448 g/mol. The van der Waals surface area contributed by atoms with Crippen molar-refractivity contribution in [3.63, 3.8) is 0 Å². The summed E-state index contributed by atoms with van der Waals surface area (Å²) in [6.45, 7) is 5.07. The molecule has 0 saturated heterocycles. The van der Waals surface area contributed by atoms with Gasteiger partial charge in [0.25, 0.3) is 5.91 Å². The van der Waals surface area contributed by atoms with Gasteiger partial charge in [-0.1, -0.05) is 12.1 Å². The van der Waals surface area contributed by atoms with Gasteiger partial charge in [-0.2, -0.15) is 0 Å². The number of nitrogens with one attached hydrogen (secondary N) is 3. The molecule has 0 aliphatic rings. The number of rotatable bonds is 9. The Morgan fingerprint density at radius 3 is 2.75 bits per heavy atom. The van der Waals surface area contributed by atoms with Crippen molar-refractivity contribution < 1.29 is 9.53 Å². The Morgan fingerprint density at radius 1 is 1.29 bits per heavy atom. The zero-order chi connectivity index (χ0) is 16.9. The summed E-state index contributed by atoms with van der Waals surface area (Å²) in [6.07, 6.45) is 1.73. The molecule has 0 saturated carbocycles. The summed E-state index contributed by atoms with van der Waals surface area (Å²) in [6, 6.07) is 7.67. The van der Waals surface area contributed by atoms with E-state index in [1.54, 1.807) is 14.2 Å². The van der Waals surface area contributed by atoms with E-state index in [0.29, 0.717) is 5.56 Å². The van der Waals surface area contributed by atoms with Crippen LogP contribution in [0.4, 0.5) is 0 Å². The van der Waals surface area contributed by atoms with Crippen molar-refractivity contribution in [2.24, 2.45) is 4.99 Å². The van der Waals surface area contributed by atoms with Crippen molar-refractivity contribution in [2.45, 2.75) is 19.8 Å². The second-order valence-corrected chi connectivity index (χ2v) is 5.06. The van der Waals surface area contributed by atoms with Gasteiger partial charge in [0, 0.05) is 46.0 Å². The molecule has 0 heterocycles. The van der Waals surface area contributed by atoms with Crippen LogP contribution < -0.4 is 16.0 Å². The van der Waals surface area contributed by atoms with Crippen molar-refractivity contribution in [3.05, 3.63) is 35.4 Å². The van der Waals surface area contributed by atoms with Crippen LogP contribution in [0.15, 0.2) is 29.3 Å². The lowest BCUT2D eigenvalue weighted by atomic mass is 10.1. The third-order valence-electron chi connectivity index (χ3n) is 3.24. The summed E-state index contributed by atoms with van der Waals surface area (Å²) in [5, 5.41) is 9.16. The summed E-state index contributed by atoms with van der Waals surface area (Å²) in [5.74, 6) is 0.749. The Bertz CT molecular complexity index is 509.